The van der Waals surface area contributed by atoms with Gasteiger partial charge in [0.05, 0.1) is 6.10 Å². The summed E-state index contributed by atoms with van der Waals surface area (Å²) in [5, 5.41) is 9.17. The van der Waals surface area contributed by atoms with Crippen LogP contribution in [0.25, 0.3) is 0 Å². The van der Waals surface area contributed by atoms with Crippen LogP contribution in [0.1, 0.15) is 36.6 Å². The maximum atomic E-state index is 9.17. The quantitative estimate of drug-likeness (QED) is 0.821. The number of hydrogen-bond acceptors (Lipinski definition) is 3. The van der Waals surface area contributed by atoms with Gasteiger partial charge in [0.2, 0.25) is 0 Å². The molecule has 0 saturated carbocycles. The Morgan fingerprint density at radius 1 is 1.25 bits per heavy atom. The Hall–Kier alpha value is -1.06. The molecule has 0 aliphatic rings. The van der Waals surface area contributed by atoms with Crippen molar-refractivity contribution in [1.82, 2.24) is 0 Å². The lowest BCUT2D eigenvalue weighted by molar-refractivity contribution is 0.122. The van der Waals surface area contributed by atoms with E-state index in [9.17, 15) is 5.11 Å². The molecule has 0 aliphatic carbocycles. The molecule has 0 unspecified atom stereocenters. The smallest absolute Gasteiger partial charge is 0.122 e. The van der Waals surface area contributed by atoms with Crippen LogP contribution in [-0.4, -0.2) is 17.8 Å². The summed E-state index contributed by atoms with van der Waals surface area (Å²) in [5.74, 6) is 0.822. The van der Waals surface area contributed by atoms with Crippen molar-refractivity contribution in [2.24, 2.45) is 5.73 Å². The summed E-state index contributed by atoms with van der Waals surface area (Å²) >= 11 is 0. The second-order valence-corrected chi connectivity index (χ2v) is 4.35. The molecule has 0 heterocycles. The fourth-order valence-corrected chi connectivity index (χ4v) is 1.68. The third-order valence-electron chi connectivity index (χ3n) is 2.75. The molecule has 1 aromatic carbocycles. The van der Waals surface area contributed by atoms with Crippen LogP contribution in [0.4, 0.5) is 0 Å². The van der Waals surface area contributed by atoms with Crippen LogP contribution in [0.2, 0.25) is 0 Å². The first kappa shape index (κ1) is 13.0. The van der Waals surface area contributed by atoms with Gasteiger partial charge in [-0.2, -0.15) is 0 Å². The Morgan fingerprint density at radius 3 is 2.38 bits per heavy atom. The van der Waals surface area contributed by atoms with Gasteiger partial charge < -0.3 is 15.6 Å². The van der Waals surface area contributed by atoms with Crippen molar-refractivity contribution >= 4 is 0 Å². The monoisotopic (exact) mass is 223 g/mol. The molecule has 0 radical (unpaired) electrons. The van der Waals surface area contributed by atoms with E-state index in [2.05, 4.69) is 0 Å². The standard InChI is InChI=1S/C13H21NO2/c1-8(15)7-16-13-6-5-12(11(4)14)9(2)10(13)3/h5-6,8,11,15H,7,14H2,1-4H3/t8-,11+/m1/s1. The summed E-state index contributed by atoms with van der Waals surface area (Å²) in [6.07, 6.45) is -0.451. The fraction of sp³-hybridized carbons (Fsp3) is 0.538. The Labute approximate surface area is 97.2 Å². The largest absolute Gasteiger partial charge is 0.491 e. The van der Waals surface area contributed by atoms with Crippen LogP contribution in [0.3, 0.4) is 0 Å². The van der Waals surface area contributed by atoms with Crippen molar-refractivity contribution in [3.05, 3.63) is 28.8 Å². The van der Waals surface area contributed by atoms with E-state index in [4.69, 9.17) is 10.5 Å². The lowest BCUT2D eigenvalue weighted by Gasteiger charge is -2.17. The maximum absolute atomic E-state index is 9.17. The molecule has 3 heteroatoms. The Balaban J connectivity index is 2.93. The third-order valence-corrected chi connectivity index (χ3v) is 2.75. The lowest BCUT2D eigenvalue weighted by Crippen LogP contribution is -2.14. The first-order valence-corrected chi connectivity index (χ1v) is 5.60. The van der Waals surface area contributed by atoms with Crippen LogP contribution in [-0.2, 0) is 0 Å². The van der Waals surface area contributed by atoms with Crippen LogP contribution < -0.4 is 10.5 Å². The van der Waals surface area contributed by atoms with E-state index in [1.807, 2.05) is 32.9 Å². The van der Waals surface area contributed by atoms with E-state index in [-0.39, 0.29) is 6.04 Å². The van der Waals surface area contributed by atoms with Crippen LogP contribution in [0.15, 0.2) is 12.1 Å². The minimum absolute atomic E-state index is 0.0320. The highest BCUT2D eigenvalue weighted by atomic mass is 16.5. The van der Waals surface area contributed by atoms with Crippen molar-refractivity contribution < 1.29 is 9.84 Å². The molecule has 0 amide bonds. The van der Waals surface area contributed by atoms with Gasteiger partial charge >= 0.3 is 0 Å². The van der Waals surface area contributed by atoms with Crippen LogP contribution in [0.5, 0.6) is 5.75 Å². The molecule has 1 aromatic rings. The molecule has 0 saturated heterocycles. The van der Waals surface area contributed by atoms with Gasteiger partial charge in [0.1, 0.15) is 12.4 Å². The molecule has 1 rings (SSSR count). The molecule has 2 atom stereocenters. The van der Waals surface area contributed by atoms with Crippen molar-refractivity contribution in [2.45, 2.75) is 39.8 Å². The number of ether oxygens (including phenoxy) is 1. The van der Waals surface area contributed by atoms with Crippen molar-refractivity contribution in [2.75, 3.05) is 6.61 Å². The van der Waals surface area contributed by atoms with Gasteiger partial charge in [0, 0.05) is 6.04 Å². The van der Waals surface area contributed by atoms with Gasteiger partial charge in [-0.05, 0) is 50.5 Å². The second kappa shape index (κ2) is 5.32. The molecular weight excluding hydrogens is 202 g/mol. The molecule has 0 aromatic heterocycles. The average molecular weight is 223 g/mol. The lowest BCUT2D eigenvalue weighted by atomic mass is 9.98. The molecule has 0 bridgehead atoms. The van der Waals surface area contributed by atoms with Gasteiger partial charge in [-0.25, -0.2) is 0 Å². The zero-order valence-corrected chi connectivity index (χ0v) is 10.4. The number of aliphatic hydroxyl groups excluding tert-OH is 1. The second-order valence-electron chi connectivity index (χ2n) is 4.35. The van der Waals surface area contributed by atoms with Crippen molar-refractivity contribution in [3.63, 3.8) is 0 Å². The van der Waals surface area contributed by atoms with Gasteiger partial charge in [-0.15, -0.1) is 0 Å². The third kappa shape index (κ3) is 2.97. The van der Waals surface area contributed by atoms with E-state index in [0.717, 1.165) is 22.4 Å². The Morgan fingerprint density at radius 2 is 1.88 bits per heavy atom. The highest BCUT2D eigenvalue weighted by molar-refractivity contribution is 5.44. The molecule has 3 nitrogen and oxygen atoms in total. The maximum Gasteiger partial charge on any atom is 0.122 e. The van der Waals surface area contributed by atoms with Gasteiger partial charge in [0.25, 0.3) is 0 Å². The van der Waals surface area contributed by atoms with Gasteiger partial charge in [0.15, 0.2) is 0 Å². The van der Waals surface area contributed by atoms with Crippen molar-refractivity contribution in [1.29, 1.82) is 0 Å². The first-order chi connectivity index (χ1) is 7.43. The molecule has 0 spiro atoms. The van der Waals surface area contributed by atoms with Crippen LogP contribution >= 0.6 is 0 Å². The molecule has 90 valence electrons. The molecular formula is C13H21NO2. The minimum atomic E-state index is -0.451. The number of benzene rings is 1. The Bertz CT molecular complexity index is 359. The highest BCUT2D eigenvalue weighted by Crippen LogP contribution is 2.27. The molecule has 0 aliphatic heterocycles. The highest BCUT2D eigenvalue weighted by Gasteiger charge is 2.10. The summed E-state index contributed by atoms with van der Waals surface area (Å²) in [4.78, 5) is 0. The van der Waals surface area contributed by atoms with E-state index in [1.54, 1.807) is 6.92 Å². The number of aliphatic hydroxyl groups is 1. The fourth-order valence-electron chi connectivity index (χ4n) is 1.68. The SMILES string of the molecule is Cc1c(OC[C@@H](C)O)ccc([C@H](C)N)c1C. The molecule has 0 fully saturated rings. The predicted octanol–water partition coefficient (Wildman–Crippen LogP) is 2.08. The van der Waals surface area contributed by atoms with E-state index in [0.29, 0.717) is 6.61 Å². The summed E-state index contributed by atoms with van der Waals surface area (Å²) in [5.41, 5.74) is 9.27. The van der Waals surface area contributed by atoms with E-state index < -0.39 is 6.10 Å². The van der Waals surface area contributed by atoms with E-state index >= 15 is 0 Å². The average Bonchev–Trinajstić information content (AvgIpc) is 2.19. The summed E-state index contributed by atoms with van der Waals surface area (Å²) in [6, 6.07) is 3.94. The Kier molecular flexibility index (Phi) is 4.33. The summed E-state index contributed by atoms with van der Waals surface area (Å²) in [7, 11) is 0. The number of rotatable bonds is 4. The van der Waals surface area contributed by atoms with Crippen molar-refractivity contribution in [3.8, 4) is 5.75 Å². The zero-order chi connectivity index (χ0) is 12.3. The molecule has 3 N–H and O–H groups in total. The summed E-state index contributed by atoms with van der Waals surface area (Å²) < 4.78 is 5.52. The van der Waals surface area contributed by atoms with Gasteiger partial charge in [-0.3, -0.25) is 0 Å². The first-order valence-electron chi connectivity index (χ1n) is 5.60. The number of hydrogen-bond donors (Lipinski definition) is 2. The zero-order valence-electron chi connectivity index (χ0n) is 10.4. The summed E-state index contributed by atoms with van der Waals surface area (Å²) in [6.45, 7) is 8.05. The normalized spacial score (nSPS) is 14.6. The minimum Gasteiger partial charge on any atom is -0.491 e. The van der Waals surface area contributed by atoms with Gasteiger partial charge in [-0.1, -0.05) is 6.07 Å². The van der Waals surface area contributed by atoms with E-state index in [1.165, 1.54) is 0 Å². The number of nitrogens with two attached hydrogens (primary N) is 1. The molecule has 16 heavy (non-hydrogen) atoms. The topological polar surface area (TPSA) is 55.5 Å². The van der Waals surface area contributed by atoms with Crippen LogP contribution in [0, 0.1) is 13.8 Å². The predicted molar refractivity (Wildman–Crippen MR) is 65.7 cm³/mol.